The largest absolute Gasteiger partial charge is 2.00 e. The zero-order valence-corrected chi connectivity index (χ0v) is 40.3. The molecule has 0 radical (unpaired) electrons. The molecule has 0 amide bonds. The minimum absolute atomic E-state index is 0. The Morgan fingerprint density at radius 3 is 1.44 bits per heavy atom. The van der Waals surface area contributed by atoms with Crippen LogP contribution in [0.4, 0.5) is 0 Å². The number of hydrogen-bond acceptors (Lipinski definition) is 4. The number of ether oxygens (including phenoxy) is 2. The van der Waals surface area contributed by atoms with Crippen molar-refractivity contribution in [2.75, 3.05) is 52.7 Å². The van der Waals surface area contributed by atoms with E-state index in [1.807, 2.05) is 27.7 Å². The van der Waals surface area contributed by atoms with Crippen LogP contribution in [0.15, 0.2) is 0 Å². The molecule has 6 saturated carbocycles. The first kappa shape index (κ1) is 57.9. The van der Waals surface area contributed by atoms with Crippen LogP contribution in [0.3, 0.4) is 0 Å². The molecule has 0 heterocycles. The van der Waals surface area contributed by atoms with Crippen molar-refractivity contribution in [1.82, 2.24) is 4.90 Å². The maximum absolute atomic E-state index is 7.81. The molecule has 6 fully saturated rings. The first-order valence-corrected chi connectivity index (χ1v) is 22.2. The fraction of sp³-hybridized carbons (Fsp3) is 0.956. The Kier molecular flexibility index (Phi) is 43.9. The van der Waals surface area contributed by atoms with E-state index >= 15 is 0 Å². The van der Waals surface area contributed by atoms with Gasteiger partial charge in [0.25, 0.3) is 0 Å². The van der Waals surface area contributed by atoms with Crippen molar-refractivity contribution in [1.29, 1.82) is 0 Å². The van der Waals surface area contributed by atoms with Crippen LogP contribution >= 0.6 is 0 Å². The summed E-state index contributed by atoms with van der Waals surface area (Å²) in [5, 5.41) is 7.81. The van der Waals surface area contributed by atoms with E-state index in [1.165, 1.54) is 141 Å². The van der Waals surface area contributed by atoms with Gasteiger partial charge in [-0.25, -0.2) is 0 Å². The molecule has 4 nitrogen and oxygen atoms in total. The van der Waals surface area contributed by atoms with Crippen LogP contribution in [0.2, 0.25) is 0 Å². The van der Waals surface area contributed by atoms with Gasteiger partial charge >= 0.3 is 21.1 Å². The monoisotopic (exact) mass is 988 g/mol. The van der Waals surface area contributed by atoms with Crippen LogP contribution in [0.25, 0.3) is 0 Å². The zero-order valence-electron chi connectivity index (χ0n) is 35.1. The number of aliphatic hydroxyl groups excluding tert-OH is 1. The van der Waals surface area contributed by atoms with Gasteiger partial charge in [0.2, 0.25) is 0 Å². The quantitative estimate of drug-likeness (QED) is 0.0951. The molecule has 1 N–H and O–H groups in total. The molecule has 0 aromatic heterocycles. The fourth-order valence-electron chi connectivity index (χ4n) is 9.55. The van der Waals surface area contributed by atoms with Crippen molar-refractivity contribution in [3.63, 3.8) is 0 Å². The van der Waals surface area contributed by atoms with Crippen molar-refractivity contribution in [2.24, 2.45) is 22.7 Å². The topological polar surface area (TPSA) is 41.9 Å². The van der Waals surface area contributed by atoms with Gasteiger partial charge in [0, 0.05) is 67.0 Å². The second-order valence-electron chi connectivity index (χ2n) is 15.9. The molecule has 0 saturated heterocycles. The Hall–Kier alpha value is 1.57. The molecule has 0 aliphatic heterocycles. The van der Waals surface area contributed by atoms with Gasteiger partial charge in [-0.05, 0) is 106 Å². The summed E-state index contributed by atoms with van der Waals surface area (Å²) in [6, 6.07) is 0. The summed E-state index contributed by atoms with van der Waals surface area (Å²) in [6.45, 7) is 22.0. The smallest absolute Gasteiger partial charge is 0.399 e. The maximum atomic E-state index is 7.81. The first-order valence-electron chi connectivity index (χ1n) is 22.2. The third-order valence-corrected chi connectivity index (χ3v) is 12.4. The van der Waals surface area contributed by atoms with Gasteiger partial charge in [-0.1, -0.05) is 111 Å². The Balaban J connectivity index is -0.000000785. The van der Waals surface area contributed by atoms with Gasteiger partial charge in [0.15, 0.2) is 0 Å². The van der Waals surface area contributed by atoms with E-state index < -0.39 is 0 Å². The Morgan fingerprint density at radius 2 is 1.06 bits per heavy atom. The summed E-state index contributed by atoms with van der Waals surface area (Å²) in [7, 11) is 0. The third kappa shape index (κ3) is 26.5. The molecule has 6 aliphatic carbocycles. The Bertz CT molecular complexity index is 661. The van der Waals surface area contributed by atoms with E-state index in [2.05, 4.69) is 18.7 Å². The average molecular weight is 988 g/mol. The van der Waals surface area contributed by atoms with Crippen LogP contribution in [0.5, 0.6) is 0 Å². The second-order valence-corrected chi connectivity index (χ2v) is 15.9. The van der Waals surface area contributed by atoms with Crippen LogP contribution in [-0.2, 0) is 64.7 Å². The number of rotatable bonds is 16. The molecule has 6 aliphatic rings. The van der Waals surface area contributed by atoms with Crippen LogP contribution < -0.4 is 0 Å². The van der Waals surface area contributed by atoms with E-state index in [0.717, 1.165) is 68.7 Å². The summed E-state index contributed by atoms with van der Waals surface area (Å²) < 4.78 is 11.8. The number of hydrogen-bond donors (Lipinski definition) is 1. The van der Waals surface area contributed by atoms with Gasteiger partial charge in [0.05, 0.1) is 13.2 Å². The number of nitrogens with zero attached hydrogens (tertiary/aromatic N) is 1. The van der Waals surface area contributed by atoms with Gasteiger partial charge in [-0.2, -0.15) is 6.42 Å². The first-order chi connectivity index (χ1) is 24.1. The predicted molar refractivity (Wildman–Crippen MR) is 215 cm³/mol. The number of fused-ring (bicyclic) bond motifs is 2. The van der Waals surface area contributed by atoms with E-state index in [4.69, 9.17) is 14.6 Å². The summed E-state index contributed by atoms with van der Waals surface area (Å²) in [4.78, 5) is 2.36. The van der Waals surface area contributed by atoms with Crippen molar-refractivity contribution < 1.29 is 69.8 Å². The second kappa shape index (κ2) is 39.4. The third-order valence-electron chi connectivity index (χ3n) is 12.4. The molecule has 0 atom stereocenters. The zero-order chi connectivity index (χ0) is 35.9. The van der Waals surface area contributed by atoms with Crippen LogP contribution in [-0.4, -0.2) is 62.7 Å². The van der Waals surface area contributed by atoms with Crippen LogP contribution in [0, 0.1) is 36.5 Å². The van der Waals surface area contributed by atoms with Gasteiger partial charge in [0.1, 0.15) is 0 Å². The van der Waals surface area contributed by atoms with Gasteiger partial charge in [-0.15, -0.1) is 6.54 Å². The molecule has 2 bridgehead atoms. The molecular weight excluding hydrogens is 898 g/mol. The van der Waals surface area contributed by atoms with E-state index in [9.17, 15) is 0 Å². The van der Waals surface area contributed by atoms with Crippen molar-refractivity contribution in [2.45, 2.75) is 201 Å². The van der Waals surface area contributed by atoms with Crippen molar-refractivity contribution in [3.8, 4) is 0 Å². The maximum Gasteiger partial charge on any atom is 2.00 e. The van der Waals surface area contributed by atoms with E-state index in [-0.39, 0.29) is 61.8 Å². The minimum atomic E-state index is 0. The molecule has 0 aromatic rings. The van der Waals surface area contributed by atoms with Crippen LogP contribution in [0.1, 0.15) is 201 Å². The van der Waals surface area contributed by atoms with E-state index in [0.29, 0.717) is 6.42 Å². The van der Waals surface area contributed by atoms with Gasteiger partial charge < -0.3 is 33.3 Å². The average Bonchev–Trinajstić information content (AvgIpc) is 4.02. The predicted octanol–water partition coefficient (Wildman–Crippen LogP) is 12.8. The molecule has 0 aromatic carbocycles. The summed E-state index contributed by atoms with van der Waals surface area (Å²) >= 11 is 0. The molecule has 1 spiro atoms. The molecule has 7 heteroatoms. The normalized spacial score (nSPS) is 23.2. The Labute approximate surface area is 362 Å². The molecular formula is C45H89Fe2NO3W. The summed E-state index contributed by atoms with van der Waals surface area (Å²) in [5.41, 5.74) is 1.61. The van der Waals surface area contributed by atoms with Crippen molar-refractivity contribution >= 4 is 0 Å². The fourth-order valence-corrected chi connectivity index (χ4v) is 9.55. The molecule has 314 valence electrons. The van der Waals surface area contributed by atoms with E-state index in [1.54, 1.807) is 25.7 Å². The van der Waals surface area contributed by atoms with Gasteiger partial charge in [-0.3, -0.25) is 0 Å². The van der Waals surface area contributed by atoms with Crippen molar-refractivity contribution in [3.05, 3.63) is 13.8 Å². The summed E-state index contributed by atoms with van der Waals surface area (Å²) in [5.74, 6) is 2.06. The standard InChI is InChI=1S/C24H44NO2.C9H16.C5H10.C3H7O.2C2H6.2Fe.W/c1-2-25(15-19-26-17-5-9-22-7-3-4-8-22)16-20-27-18-6-12-24-13-10-23(21-24)11-14-24;1-2-6-9(5-1)7-3-4-8-9;1-2-4-5-3-1;1-2-3-4;2*1-2;;;/h22-23H,1-21H2;1-8H2;1-5H2;4H,1-3H2;2*1-2H3;;;/q-1;;;-1;;;;;+2. The number of aliphatic hydroxyl groups is 1. The molecule has 52 heavy (non-hydrogen) atoms. The molecule has 0 unspecified atom stereocenters. The minimum Gasteiger partial charge on any atom is -0.399 e. The SMILES string of the molecule is C1CCC2(C1)CCCC2.C1CCCC1.CC.CC.[CH2-]CCO.[CH2-]CN(CCOCCCC1CCCC1)CCOCCCC12CCC(CC1)C2.[Fe].[Fe].[W+2]. The Morgan fingerprint density at radius 1 is 0.615 bits per heavy atom. The molecule has 6 rings (SSSR count). The summed E-state index contributed by atoms with van der Waals surface area (Å²) in [6.07, 6.45) is 39.1.